The second kappa shape index (κ2) is 8.90. The number of rotatable bonds is 6. The molecule has 6 nitrogen and oxygen atoms in total. The van der Waals surface area contributed by atoms with E-state index in [1.54, 1.807) is 26.0 Å². The zero-order chi connectivity index (χ0) is 23.7. The molecule has 1 aliphatic heterocycles. The summed E-state index contributed by atoms with van der Waals surface area (Å²) in [5.74, 6) is -1.61. The first-order valence-electron chi connectivity index (χ1n) is 10.9. The van der Waals surface area contributed by atoms with Crippen molar-refractivity contribution in [2.75, 3.05) is 5.32 Å². The highest BCUT2D eigenvalue weighted by molar-refractivity contribution is 6.04. The van der Waals surface area contributed by atoms with Crippen molar-refractivity contribution in [3.05, 3.63) is 89.0 Å². The van der Waals surface area contributed by atoms with Crippen LogP contribution in [0.2, 0.25) is 0 Å². The van der Waals surface area contributed by atoms with Crippen molar-refractivity contribution < 1.29 is 19.5 Å². The Morgan fingerprint density at radius 2 is 1.58 bits per heavy atom. The van der Waals surface area contributed by atoms with Crippen molar-refractivity contribution >= 4 is 23.5 Å². The summed E-state index contributed by atoms with van der Waals surface area (Å²) in [6, 6.07) is 19.6. The summed E-state index contributed by atoms with van der Waals surface area (Å²) in [6.07, 6.45) is 0. The highest BCUT2D eigenvalue weighted by Crippen LogP contribution is 2.31. The molecular weight excluding hydrogens is 416 g/mol. The molecular formula is C27H26N2O4. The fourth-order valence-corrected chi connectivity index (χ4v) is 4.16. The molecule has 0 spiro atoms. The largest absolute Gasteiger partial charge is 0.480 e. The normalized spacial score (nSPS) is 13.7. The van der Waals surface area contributed by atoms with Crippen molar-refractivity contribution in [2.24, 2.45) is 5.92 Å². The topological polar surface area (TPSA) is 86.7 Å². The number of aryl methyl sites for hydroxylation is 1. The Bertz CT molecular complexity index is 1210. The maximum Gasteiger partial charge on any atom is 0.326 e. The number of hydrogen-bond acceptors (Lipinski definition) is 3. The molecule has 0 aromatic heterocycles. The number of carboxylic acid groups (broad SMARTS) is 1. The summed E-state index contributed by atoms with van der Waals surface area (Å²) in [7, 11) is 0. The summed E-state index contributed by atoms with van der Waals surface area (Å²) < 4.78 is 0. The number of nitrogens with one attached hydrogen (secondary N) is 1. The fourth-order valence-electron chi connectivity index (χ4n) is 4.16. The van der Waals surface area contributed by atoms with Gasteiger partial charge in [-0.15, -0.1) is 0 Å². The van der Waals surface area contributed by atoms with Crippen LogP contribution in [0.25, 0.3) is 11.1 Å². The SMILES string of the molecule is Cc1ccc(C(=O)Nc2ccc(-c3ccc4c(c3)C(=O)N(C(C(=O)O)C(C)C)C4)cc2)cc1. The molecule has 0 fully saturated rings. The van der Waals surface area contributed by atoms with E-state index in [0.717, 1.165) is 22.3 Å². The molecule has 1 atom stereocenters. The number of carbonyl (C=O) groups is 3. The van der Waals surface area contributed by atoms with E-state index in [1.165, 1.54) is 4.90 Å². The van der Waals surface area contributed by atoms with Gasteiger partial charge < -0.3 is 15.3 Å². The molecule has 0 saturated carbocycles. The molecule has 168 valence electrons. The lowest BCUT2D eigenvalue weighted by Crippen LogP contribution is -2.44. The van der Waals surface area contributed by atoms with Crippen LogP contribution in [0.15, 0.2) is 66.7 Å². The summed E-state index contributed by atoms with van der Waals surface area (Å²) in [6.45, 7) is 5.88. The van der Waals surface area contributed by atoms with Gasteiger partial charge in [0.15, 0.2) is 0 Å². The van der Waals surface area contributed by atoms with Crippen molar-refractivity contribution in [3.63, 3.8) is 0 Å². The Labute approximate surface area is 192 Å². The monoisotopic (exact) mass is 442 g/mol. The minimum Gasteiger partial charge on any atom is -0.480 e. The Morgan fingerprint density at radius 1 is 0.939 bits per heavy atom. The number of anilines is 1. The van der Waals surface area contributed by atoms with E-state index in [-0.39, 0.29) is 17.7 Å². The lowest BCUT2D eigenvalue weighted by Gasteiger charge is -2.27. The molecule has 2 N–H and O–H groups in total. The summed E-state index contributed by atoms with van der Waals surface area (Å²) >= 11 is 0. The molecule has 0 bridgehead atoms. The maximum atomic E-state index is 13.0. The molecule has 1 unspecified atom stereocenters. The van der Waals surface area contributed by atoms with Crippen LogP contribution in [-0.2, 0) is 11.3 Å². The zero-order valence-electron chi connectivity index (χ0n) is 18.8. The molecule has 6 heteroatoms. The fraction of sp³-hybridized carbons (Fsp3) is 0.222. The summed E-state index contributed by atoms with van der Waals surface area (Å²) in [5.41, 5.74) is 5.48. The third-order valence-electron chi connectivity index (χ3n) is 5.95. The lowest BCUT2D eigenvalue weighted by atomic mass is 10.00. The van der Waals surface area contributed by atoms with E-state index in [4.69, 9.17) is 0 Å². The van der Waals surface area contributed by atoms with Gasteiger partial charge in [-0.3, -0.25) is 9.59 Å². The van der Waals surface area contributed by atoms with E-state index in [9.17, 15) is 19.5 Å². The average molecular weight is 443 g/mol. The number of hydrogen-bond donors (Lipinski definition) is 2. The van der Waals surface area contributed by atoms with Gasteiger partial charge in [0.2, 0.25) is 0 Å². The molecule has 33 heavy (non-hydrogen) atoms. The average Bonchev–Trinajstić information content (AvgIpc) is 3.09. The highest BCUT2D eigenvalue weighted by atomic mass is 16.4. The third kappa shape index (κ3) is 4.51. The van der Waals surface area contributed by atoms with E-state index in [1.807, 2.05) is 61.5 Å². The van der Waals surface area contributed by atoms with Gasteiger partial charge in [0.1, 0.15) is 6.04 Å². The van der Waals surface area contributed by atoms with Crippen molar-refractivity contribution in [1.82, 2.24) is 4.90 Å². The van der Waals surface area contributed by atoms with Crippen LogP contribution in [0.4, 0.5) is 5.69 Å². The molecule has 0 radical (unpaired) electrons. The minimum absolute atomic E-state index is 0.177. The Kier molecular flexibility index (Phi) is 6.01. The highest BCUT2D eigenvalue weighted by Gasteiger charge is 2.38. The van der Waals surface area contributed by atoms with Gasteiger partial charge in [0, 0.05) is 23.4 Å². The number of nitrogens with zero attached hydrogens (tertiary/aromatic N) is 1. The van der Waals surface area contributed by atoms with Crippen molar-refractivity contribution in [1.29, 1.82) is 0 Å². The summed E-state index contributed by atoms with van der Waals surface area (Å²) in [5, 5.41) is 12.5. The lowest BCUT2D eigenvalue weighted by molar-refractivity contribution is -0.144. The standard InChI is InChI=1S/C27H26N2O4/c1-16(2)24(27(32)33)29-15-21-9-8-20(14-23(21)26(29)31)18-10-12-22(13-11-18)28-25(30)19-6-4-17(3)5-7-19/h4-14,16,24H,15H2,1-3H3,(H,28,30)(H,32,33). The van der Waals surface area contributed by atoms with Crippen molar-refractivity contribution in [2.45, 2.75) is 33.4 Å². The molecule has 1 aliphatic rings. The van der Waals surface area contributed by atoms with Gasteiger partial charge in [-0.25, -0.2) is 4.79 Å². The molecule has 1 heterocycles. The van der Waals surface area contributed by atoms with Gasteiger partial charge in [0.25, 0.3) is 11.8 Å². The van der Waals surface area contributed by atoms with E-state index < -0.39 is 12.0 Å². The van der Waals surface area contributed by atoms with Crippen LogP contribution in [0.5, 0.6) is 0 Å². The van der Waals surface area contributed by atoms with Crippen LogP contribution in [-0.4, -0.2) is 33.8 Å². The molecule has 3 aromatic rings. The van der Waals surface area contributed by atoms with Crippen molar-refractivity contribution in [3.8, 4) is 11.1 Å². The number of amides is 2. The van der Waals surface area contributed by atoms with Crippen LogP contribution in [0, 0.1) is 12.8 Å². The van der Waals surface area contributed by atoms with Crippen LogP contribution in [0.3, 0.4) is 0 Å². The predicted octanol–water partition coefficient (Wildman–Crippen LogP) is 4.98. The van der Waals surface area contributed by atoms with E-state index in [2.05, 4.69) is 5.32 Å². The molecule has 3 aromatic carbocycles. The number of carbonyl (C=O) groups excluding carboxylic acids is 2. The van der Waals surface area contributed by atoms with E-state index >= 15 is 0 Å². The number of carboxylic acids is 1. The Balaban J connectivity index is 1.51. The van der Waals surface area contributed by atoms with Crippen LogP contribution in [0.1, 0.15) is 45.7 Å². The van der Waals surface area contributed by atoms with Gasteiger partial charge in [-0.1, -0.05) is 55.8 Å². The van der Waals surface area contributed by atoms with Gasteiger partial charge in [-0.05, 0) is 59.9 Å². The second-order valence-corrected chi connectivity index (χ2v) is 8.73. The van der Waals surface area contributed by atoms with Crippen LogP contribution >= 0.6 is 0 Å². The number of fused-ring (bicyclic) bond motifs is 1. The molecule has 2 amide bonds. The van der Waals surface area contributed by atoms with Gasteiger partial charge >= 0.3 is 5.97 Å². The van der Waals surface area contributed by atoms with Gasteiger partial charge in [0.05, 0.1) is 0 Å². The molecule has 0 aliphatic carbocycles. The Morgan fingerprint density at radius 3 is 2.18 bits per heavy atom. The third-order valence-corrected chi connectivity index (χ3v) is 5.95. The molecule has 0 saturated heterocycles. The van der Waals surface area contributed by atoms with Crippen LogP contribution < -0.4 is 5.32 Å². The first kappa shape index (κ1) is 22.3. The summed E-state index contributed by atoms with van der Waals surface area (Å²) in [4.78, 5) is 38.5. The Hall–Kier alpha value is -3.93. The zero-order valence-corrected chi connectivity index (χ0v) is 18.8. The van der Waals surface area contributed by atoms with E-state index in [0.29, 0.717) is 23.4 Å². The van der Waals surface area contributed by atoms with Gasteiger partial charge in [-0.2, -0.15) is 0 Å². The smallest absolute Gasteiger partial charge is 0.326 e. The quantitative estimate of drug-likeness (QED) is 0.564. The predicted molar refractivity (Wildman–Crippen MR) is 127 cm³/mol. The first-order valence-corrected chi connectivity index (χ1v) is 10.9. The minimum atomic E-state index is -0.991. The second-order valence-electron chi connectivity index (χ2n) is 8.73. The molecule has 4 rings (SSSR count). The first-order chi connectivity index (χ1) is 15.7. The maximum absolute atomic E-state index is 13.0. The number of benzene rings is 3. The number of aliphatic carboxylic acids is 1.